The van der Waals surface area contributed by atoms with Gasteiger partial charge in [0, 0.05) is 20.0 Å². The van der Waals surface area contributed by atoms with Gasteiger partial charge in [0.05, 0.1) is 5.69 Å². The van der Waals surface area contributed by atoms with Gasteiger partial charge in [-0.1, -0.05) is 6.92 Å². The zero-order valence-corrected chi connectivity index (χ0v) is 10.3. The molecule has 0 aromatic carbocycles. The van der Waals surface area contributed by atoms with E-state index in [4.69, 9.17) is 0 Å². The Balaban J connectivity index is 2.10. The predicted octanol–water partition coefficient (Wildman–Crippen LogP) is 2.09. The van der Waals surface area contributed by atoms with Crippen molar-refractivity contribution in [2.45, 2.75) is 26.7 Å². The summed E-state index contributed by atoms with van der Waals surface area (Å²) in [5.74, 6) is 0.523. The lowest BCUT2D eigenvalue weighted by atomic mass is 10.0. The normalized spacial score (nSPS) is 20.4. The Hall–Kier alpha value is -1.58. The molecule has 2 heterocycles. The van der Waals surface area contributed by atoms with Gasteiger partial charge in [0.1, 0.15) is 5.69 Å². The molecule has 1 fully saturated rings. The van der Waals surface area contributed by atoms with Crippen molar-refractivity contribution in [1.29, 1.82) is 0 Å². The van der Waals surface area contributed by atoms with Gasteiger partial charge in [0.25, 0.3) is 5.91 Å². The predicted molar refractivity (Wildman–Crippen MR) is 65.1 cm³/mol. The summed E-state index contributed by atoms with van der Waals surface area (Å²) in [5.41, 5.74) is 1.02. The second kappa shape index (κ2) is 4.73. The highest BCUT2D eigenvalue weighted by Gasteiger charge is 2.23. The Kier molecular flexibility index (Phi) is 3.31. The van der Waals surface area contributed by atoms with Gasteiger partial charge >= 0.3 is 0 Å². The SMILES string of the molecule is CC(=O)c1ccc(C(=O)N2CCCC(C)C2)[nH]1. The number of hydrogen-bond acceptors (Lipinski definition) is 2. The van der Waals surface area contributed by atoms with E-state index in [2.05, 4.69) is 11.9 Å². The lowest BCUT2D eigenvalue weighted by Gasteiger charge is -2.30. The smallest absolute Gasteiger partial charge is 0.270 e. The van der Waals surface area contributed by atoms with E-state index in [1.54, 1.807) is 12.1 Å². The maximum Gasteiger partial charge on any atom is 0.270 e. The molecule has 1 saturated heterocycles. The maximum absolute atomic E-state index is 12.2. The monoisotopic (exact) mass is 234 g/mol. The molecule has 92 valence electrons. The molecule has 1 N–H and O–H groups in total. The first-order valence-electron chi connectivity index (χ1n) is 6.07. The quantitative estimate of drug-likeness (QED) is 0.797. The van der Waals surface area contributed by atoms with E-state index in [-0.39, 0.29) is 11.7 Å². The van der Waals surface area contributed by atoms with Crippen LogP contribution in [0.5, 0.6) is 0 Å². The van der Waals surface area contributed by atoms with E-state index in [1.807, 2.05) is 4.90 Å². The lowest BCUT2D eigenvalue weighted by Crippen LogP contribution is -2.39. The molecule has 1 aromatic heterocycles. The Labute approximate surface area is 101 Å². The molecule has 0 radical (unpaired) electrons. The van der Waals surface area contributed by atoms with E-state index in [9.17, 15) is 9.59 Å². The average Bonchev–Trinajstić information content (AvgIpc) is 2.77. The molecule has 4 heteroatoms. The van der Waals surface area contributed by atoms with Crippen molar-refractivity contribution in [3.8, 4) is 0 Å². The Morgan fingerprint density at radius 1 is 1.35 bits per heavy atom. The van der Waals surface area contributed by atoms with Crippen LogP contribution in [0.2, 0.25) is 0 Å². The first-order chi connectivity index (χ1) is 8.08. The summed E-state index contributed by atoms with van der Waals surface area (Å²) in [6, 6.07) is 3.36. The molecule has 1 aromatic rings. The highest BCUT2D eigenvalue weighted by molar-refractivity contribution is 5.97. The van der Waals surface area contributed by atoms with Crippen LogP contribution in [0.3, 0.4) is 0 Å². The van der Waals surface area contributed by atoms with Gasteiger partial charge in [0.2, 0.25) is 0 Å². The van der Waals surface area contributed by atoms with Crippen LogP contribution in [0.15, 0.2) is 12.1 Å². The van der Waals surface area contributed by atoms with Gasteiger partial charge in [-0.05, 0) is 30.9 Å². The molecule has 1 atom stereocenters. The molecule has 0 aliphatic carbocycles. The molecule has 1 amide bonds. The third-order valence-electron chi connectivity index (χ3n) is 3.24. The molecule has 2 rings (SSSR count). The number of H-pyrrole nitrogens is 1. The highest BCUT2D eigenvalue weighted by Crippen LogP contribution is 2.17. The lowest BCUT2D eigenvalue weighted by molar-refractivity contribution is 0.0678. The minimum absolute atomic E-state index is 0.00375. The summed E-state index contributed by atoms with van der Waals surface area (Å²) in [6.45, 7) is 5.28. The number of rotatable bonds is 2. The van der Waals surface area contributed by atoms with Crippen molar-refractivity contribution >= 4 is 11.7 Å². The largest absolute Gasteiger partial charge is 0.348 e. The molecule has 17 heavy (non-hydrogen) atoms. The zero-order chi connectivity index (χ0) is 12.4. The molecule has 0 bridgehead atoms. The Bertz CT molecular complexity index is 436. The van der Waals surface area contributed by atoms with Crippen LogP contribution in [0.4, 0.5) is 0 Å². The number of amides is 1. The summed E-state index contributed by atoms with van der Waals surface area (Å²) in [7, 11) is 0. The van der Waals surface area contributed by atoms with Crippen LogP contribution in [0.25, 0.3) is 0 Å². The van der Waals surface area contributed by atoms with Gasteiger partial charge in [-0.2, -0.15) is 0 Å². The van der Waals surface area contributed by atoms with Crippen molar-refractivity contribution in [3.63, 3.8) is 0 Å². The van der Waals surface area contributed by atoms with Crippen LogP contribution in [0, 0.1) is 5.92 Å². The van der Waals surface area contributed by atoms with Crippen molar-refractivity contribution in [1.82, 2.24) is 9.88 Å². The van der Waals surface area contributed by atoms with Crippen LogP contribution in [0.1, 0.15) is 47.7 Å². The fourth-order valence-corrected chi connectivity index (χ4v) is 2.27. The van der Waals surface area contributed by atoms with E-state index < -0.39 is 0 Å². The second-order valence-corrected chi connectivity index (χ2v) is 4.84. The van der Waals surface area contributed by atoms with Crippen LogP contribution < -0.4 is 0 Å². The fraction of sp³-hybridized carbons (Fsp3) is 0.538. The molecular formula is C13H18N2O2. The van der Waals surface area contributed by atoms with Crippen LogP contribution >= 0.6 is 0 Å². The van der Waals surface area contributed by atoms with Crippen molar-refractivity contribution in [2.24, 2.45) is 5.92 Å². The van der Waals surface area contributed by atoms with Gasteiger partial charge in [0.15, 0.2) is 5.78 Å². The van der Waals surface area contributed by atoms with Gasteiger partial charge in [-0.15, -0.1) is 0 Å². The molecule has 0 saturated carbocycles. The fourth-order valence-electron chi connectivity index (χ4n) is 2.27. The summed E-state index contributed by atoms with van der Waals surface area (Å²) < 4.78 is 0. The molecule has 0 spiro atoms. The van der Waals surface area contributed by atoms with E-state index >= 15 is 0 Å². The summed E-state index contributed by atoms with van der Waals surface area (Å²) in [6.07, 6.45) is 2.25. The van der Waals surface area contributed by atoms with Crippen LogP contribution in [-0.2, 0) is 0 Å². The molecule has 1 unspecified atom stereocenters. The summed E-state index contributed by atoms with van der Waals surface area (Å²) >= 11 is 0. The first kappa shape index (κ1) is 11.9. The number of carbonyl (C=O) groups excluding carboxylic acids is 2. The number of likely N-dealkylation sites (tertiary alicyclic amines) is 1. The number of ketones is 1. The Morgan fingerprint density at radius 3 is 2.65 bits per heavy atom. The van der Waals surface area contributed by atoms with Crippen molar-refractivity contribution in [2.75, 3.05) is 13.1 Å². The van der Waals surface area contributed by atoms with Gasteiger partial charge in [-0.3, -0.25) is 9.59 Å². The first-order valence-corrected chi connectivity index (χ1v) is 6.07. The second-order valence-electron chi connectivity index (χ2n) is 4.84. The number of carbonyl (C=O) groups is 2. The molecular weight excluding hydrogens is 216 g/mol. The molecule has 1 aliphatic heterocycles. The molecule has 1 aliphatic rings. The summed E-state index contributed by atoms with van der Waals surface area (Å²) in [4.78, 5) is 28.1. The number of Topliss-reactive ketones (excluding diaryl/α,β-unsaturated/α-hetero) is 1. The number of aromatic amines is 1. The third kappa shape index (κ3) is 2.57. The van der Waals surface area contributed by atoms with E-state index in [0.29, 0.717) is 17.3 Å². The maximum atomic E-state index is 12.2. The van der Waals surface area contributed by atoms with Crippen molar-refractivity contribution in [3.05, 3.63) is 23.5 Å². The topological polar surface area (TPSA) is 53.2 Å². The number of hydrogen-bond donors (Lipinski definition) is 1. The highest BCUT2D eigenvalue weighted by atomic mass is 16.2. The van der Waals surface area contributed by atoms with Crippen molar-refractivity contribution < 1.29 is 9.59 Å². The molecule has 4 nitrogen and oxygen atoms in total. The Morgan fingerprint density at radius 2 is 2.06 bits per heavy atom. The minimum atomic E-state index is -0.0453. The average molecular weight is 234 g/mol. The van der Waals surface area contributed by atoms with E-state index in [1.165, 1.54) is 13.3 Å². The summed E-state index contributed by atoms with van der Waals surface area (Å²) in [5, 5.41) is 0. The number of nitrogens with one attached hydrogen (secondary N) is 1. The number of aromatic nitrogens is 1. The van der Waals surface area contributed by atoms with E-state index in [0.717, 1.165) is 19.5 Å². The third-order valence-corrected chi connectivity index (χ3v) is 3.24. The standard InChI is InChI=1S/C13H18N2O2/c1-9-4-3-7-15(8-9)13(17)12-6-5-11(14-12)10(2)16/h5-6,9,14H,3-4,7-8H2,1-2H3. The van der Waals surface area contributed by atoms with Crippen LogP contribution in [-0.4, -0.2) is 34.7 Å². The van der Waals surface area contributed by atoms with Gasteiger partial charge in [-0.25, -0.2) is 0 Å². The zero-order valence-electron chi connectivity index (χ0n) is 10.3. The number of nitrogens with zero attached hydrogens (tertiary/aromatic N) is 1. The number of piperidine rings is 1. The van der Waals surface area contributed by atoms with Gasteiger partial charge < -0.3 is 9.88 Å². The minimum Gasteiger partial charge on any atom is -0.348 e.